The van der Waals surface area contributed by atoms with Crippen molar-refractivity contribution in [3.63, 3.8) is 0 Å². The SMILES string of the molecule is CCc1c(C#N)oc2ccc(O)cc12. The van der Waals surface area contributed by atoms with Crippen LogP contribution in [0.5, 0.6) is 5.75 Å². The second kappa shape index (κ2) is 3.08. The number of nitrogens with zero attached hydrogens (tertiary/aromatic N) is 1. The van der Waals surface area contributed by atoms with Crippen molar-refractivity contribution >= 4 is 11.0 Å². The van der Waals surface area contributed by atoms with Crippen molar-refractivity contribution in [2.75, 3.05) is 0 Å². The molecule has 3 nitrogen and oxygen atoms in total. The number of furan rings is 1. The van der Waals surface area contributed by atoms with Gasteiger partial charge >= 0.3 is 0 Å². The molecule has 0 atom stereocenters. The molecule has 0 amide bonds. The topological polar surface area (TPSA) is 57.2 Å². The average molecular weight is 187 g/mol. The quantitative estimate of drug-likeness (QED) is 0.746. The number of aromatic hydroxyl groups is 1. The number of phenols is 1. The van der Waals surface area contributed by atoms with Gasteiger partial charge in [-0.05, 0) is 24.6 Å². The molecule has 1 aromatic carbocycles. The minimum atomic E-state index is 0.192. The predicted molar refractivity (Wildman–Crippen MR) is 52.0 cm³/mol. The van der Waals surface area contributed by atoms with Gasteiger partial charge in [-0.2, -0.15) is 5.26 Å². The van der Waals surface area contributed by atoms with E-state index in [0.717, 1.165) is 17.4 Å². The van der Waals surface area contributed by atoms with Crippen LogP contribution in [0, 0.1) is 11.3 Å². The van der Waals surface area contributed by atoms with Gasteiger partial charge in [0.15, 0.2) is 0 Å². The molecule has 70 valence electrons. The van der Waals surface area contributed by atoms with Crippen LogP contribution < -0.4 is 0 Å². The van der Waals surface area contributed by atoms with Gasteiger partial charge in [-0.3, -0.25) is 0 Å². The van der Waals surface area contributed by atoms with Crippen molar-refractivity contribution in [1.82, 2.24) is 0 Å². The normalized spacial score (nSPS) is 10.3. The average Bonchev–Trinajstić information content (AvgIpc) is 2.54. The molecular weight excluding hydrogens is 178 g/mol. The molecule has 0 bridgehead atoms. The highest BCUT2D eigenvalue weighted by molar-refractivity contribution is 5.84. The van der Waals surface area contributed by atoms with E-state index in [1.165, 1.54) is 0 Å². The number of rotatable bonds is 1. The highest BCUT2D eigenvalue weighted by atomic mass is 16.3. The van der Waals surface area contributed by atoms with Gasteiger partial charge in [0.25, 0.3) is 0 Å². The molecule has 0 saturated carbocycles. The highest BCUT2D eigenvalue weighted by Crippen LogP contribution is 2.28. The molecule has 1 heterocycles. The van der Waals surface area contributed by atoms with Crippen molar-refractivity contribution in [3.05, 3.63) is 29.5 Å². The van der Waals surface area contributed by atoms with Gasteiger partial charge in [0.1, 0.15) is 17.4 Å². The van der Waals surface area contributed by atoms with Gasteiger partial charge in [-0.15, -0.1) is 0 Å². The Bertz CT molecular complexity index is 520. The van der Waals surface area contributed by atoms with Gasteiger partial charge < -0.3 is 9.52 Å². The van der Waals surface area contributed by atoms with E-state index in [0.29, 0.717) is 11.3 Å². The first-order valence-electron chi connectivity index (χ1n) is 4.40. The molecule has 0 fully saturated rings. The van der Waals surface area contributed by atoms with Gasteiger partial charge in [-0.25, -0.2) is 0 Å². The Labute approximate surface area is 81.2 Å². The van der Waals surface area contributed by atoms with Crippen LogP contribution in [0.25, 0.3) is 11.0 Å². The summed E-state index contributed by atoms with van der Waals surface area (Å²) in [5, 5.41) is 18.9. The third-order valence-electron chi connectivity index (χ3n) is 2.23. The summed E-state index contributed by atoms with van der Waals surface area (Å²) >= 11 is 0. The maximum Gasteiger partial charge on any atom is 0.207 e. The first-order chi connectivity index (χ1) is 6.76. The van der Waals surface area contributed by atoms with E-state index in [9.17, 15) is 5.11 Å². The standard InChI is InChI=1S/C11H9NO2/c1-2-8-9-5-7(13)3-4-10(9)14-11(8)6-12/h3-5,13H,2H2,1H3. The van der Waals surface area contributed by atoms with Crippen LogP contribution in [0.1, 0.15) is 18.2 Å². The lowest BCUT2D eigenvalue weighted by atomic mass is 10.1. The minimum absolute atomic E-state index is 0.192. The maximum atomic E-state index is 9.31. The van der Waals surface area contributed by atoms with Crippen molar-refractivity contribution < 1.29 is 9.52 Å². The number of hydrogen-bond donors (Lipinski definition) is 1. The smallest absolute Gasteiger partial charge is 0.207 e. The van der Waals surface area contributed by atoms with Crippen LogP contribution >= 0.6 is 0 Å². The molecule has 1 N–H and O–H groups in total. The van der Waals surface area contributed by atoms with Crippen LogP contribution in [0.2, 0.25) is 0 Å². The van der Waals surface area contributed by atoms with Crippen molar-refractivity contribution in [3.8, 4) is 11.8 Å². The monoisotopic (exact) mass is 187 g/mol. The molecule has 0 radical (unpaired) electrons. The molecule has 1 aromatic heterocycles. The Balaban J connectivity index is 2.83. The van der Waals surface area contributed by atoms with Crippen LogP contribution in [0.3, 0.4) is 0 Å². The zero-order chi connectivity index (χ0) is 10.1. The Kier molecular flexibility index (Phi) is 1.90. The minimum Gasteiger partial charge on any atom is -0.508 e. The Hall–Kier alpha value is -1.95. The Morgan fingerprint density at radius 1 is 1.50 bits per heavy atom. The van der Waals surface area contributed by atoms with Crippen molar-refractivity contribution in [2.45, 2.75) is 13.3 Å². The first kappa shape index (κ1) is 8.64. The van der Waals surface area contributed by atoms with E-state index in [-0.39, 0.29) is 5.75 Å². The molecule has 2 rings (SSSR count). The summed E-state index contributed by atoms with van der Waals surface area (Å²) in [4.78, 5) is 0. The lowest BCUT2D eigenvalue weighted by molar-refractivity contribution is 0.476. The van der Waals surface area contributed by atoms with Crippen LogP contribution in [0.4, 0.5) is 0 Å². The fourth-order valence-electron chi connectivity index (χ4n) is 1.58. The van der Waals surface area contributed by atoms with Crippen LogP contribution in [-0.2, 0) is 6.42 Å². The van der Waals surface area contributed by atoms with E-state index in [1.807, 2.05) is 13.0 Å². The van der Waals surface area contributed by atoms with E-state index in [4.69, 9.17) is 9.68 Å². The van der Waals surface area contributed by atoms with Crippen LogP contribution in [-0.4, -0.2) is 5.11 Å². The number of fused-ring (bicyclic) bond motifs is 1. The molecule has 0 saturated heterocycles. The lowest BCUT2D eigenvalue weighted by Crippen LogP contribution is -1.80. The molecule has 0 spiro atoms. The third-order valence-corrected chi connectivity index (χ3v) is 2.23. The number of aryl methyl sites for hydroxylation is 1. The van der Waals surface area contributed by atoms with Gasteiger partial charge in [0.2, 0.25) is 5.76 Å². The fraction of sp³-hybridized carbons (Fsp3) is 0.182. The predicted octanol–water partition coefficient (Wildman–Crippen LogP) is 2.57. The molecule has 0 unspecified atom stereocenters. The van der Waals surface area contributed by atoms with E-state index in [1.54, 1.807) is 18.2 Å². The molecule has 0 aliphatic rings. The first-order valence-corrected chi connectivity index (χ1v) is 4.40. The number of benzene rings is 1. The number of hydrogen-bond acceptors (Lipinski definition) is 3. The molecule has 0 aliphatic heterocycles. The van der Waals surface area contributed by atoms with E-state index in [2.05, 4.69) is 0 Å². The van der Waals surface area contributed by atoms with Crippen molar-refractivity contribution in [1.29, 1.82) is 5.26 Å². The zero-order valence-electron chi connectivity index (χ0n) is 7.74. The second-order valence-electron chi connectivity index (χ2n) is 3.06. The molecule has 3 heteroatoms. The summed E-state index contributed by atoms with van der Waals surface area (Å²) in [6, 6.07) is 6.85. The molecular formula is C11H9NO2. The largest absolute Gasteiger partial charge is 0.508 e. The Morgan fingerprint density at radius 3 is 2.93 bits per heavy atom. The summed E-state index contributed by atoms with van der Waals surface area (Å²) < 4.78 is 5.32. The molecule has 0 aliphatic carbocycles. The van der Waals surface area contributed by atoms with Crippen LogP contribution in [0.15, 0.2) is 22.6 Å². The summed E-state index contributed by atoms with van der Waals surface area (Å²) in [6.07, 6.45) is 0.722. The number of nitriles is 1. The maximum absolute atomic E-state index is 9.31. The molecule has 14 heavy (non-hydrogen) atoms. The third kappa shape index (κ3) is 1.12. The van der Waals surface area contributed by atoms with Gasteiger partial charge in [-0.1, -0.05) is 6.92 Å². The van der Waals surface area contributed by atoms with Gasteiger partial charge in [0.05, 0.1) is 0 Å². The molecule has 2 aromatic rings. The fourth-order valence-corrected chi connectivity index (χ4v) is 1.58. The number of phenolic OH excluding ortho intramolecular Hbond substituents is 1. The highest BCUT2D eigenvalue weighted by Gasteiger charge is 2.12. The Morgan fingerprint density at radius 2 is 2.29 bits per heavy atom. The summed E-state index contributed by atoms with van der Waals surface area (Å²) in [6.45, 7) is 1.95. The van der Waals surface area contributed by atoms with E-state index < -0.39 is 0 Å². The summed E-state index contributed by atoms with van der Waals surface area (Å²) in [5.41, 5.74) is 1.51. The van der Waals surface area contributed by atoms with Crippen molar-refractivity contribution in [2.24, 2.45) is 0 Å². The zero-order valence-corrected chi connectivity index (χ0v) is 7.74. The van der Waals surface area contributed by atoms with E-state index >= 15 is 0 Å². The van der Waals surface area contributed by atoms with Gasteiger partial charge in [0, 0.05) is 10.9 Å². The lowest BCUT2D eigenvalue weighted by Gasteiger charge is -1.93. The summed E-state index contributed by atoms with van der Waals surface area (Å²) in [7, 11) is 0. The summed E-state index contributed by atoms with van der Waals surface area (Å²) in [5.74, 6) is 0.533. The second-order valence-corrected chi connectivity index (χ2v) is 3.06.